The fraction of sp³-hybridized carbons (Fsp3) is 1.00. The first kappa shape index (κ1) is 12.3. The number of hydrogen-bond acceptors (Lipinski definition) is 3. The van der Waals surface area contributed by atoms with Crippen LogP contribution in [-0.4, -0.2) is 62.2 Å². The highest BCUT2D eigenvalue weighted by molar-refractivity contribution is 4.97. The van der Waals surface area contributed by atoms with E-state index in [9.17, 15) is 0 Å². The molecule has 2 rings (SSSR count). The van der Waals surface area contributed by atoms with Crippen LogP contribution in [-0.2, 0) is 0 Å². The Hall–Kier alpha value is -0.120. The normalized spacial score (nSPS) is 30.4. The third-order valence-electron chi connectivity index (χ3n) is 4.68. The zero-order chi connectivity index (χ0) is 11.6. The fourth-order valence-electron chi connectivity index (χ4n) is 3.41. The molecule has 16 heavy (non-hydrogen) atoms. The second-order valence-corrected chi connectivity index (χ2v) is 5.84. The molecule has 1 saturated heterocycles. The molecule has 1 aliphatic heterocycles. The van der Waals surface area contributed by atoms with Gasteiger partial charge in [0.2, 0.25) is 0 Å². The molecule has 1 unspecified atom stereocenters. The zero-order valence-electron chi connectivity index (χ0n) is 11.1. The van der Waals surface area contributed by atoms with Gasteiger partial charge in [-0.1, -0.05) is 12.8 Å². The molecule has 94 valence electrons. The molecule has 0 aromatic heterocycles. The molecular weight excluding hydrogens is 198 g/mol. The second-order valence-electron chi connectivity index (χ2n) is 5.84. The number of nitrogens with zero attached hydrogens (tertiary/aromatic N) is 2. The van der Waals surface area contributed by atoms with Gasteiger partial charge in [0, 0.05) is 24.7 Å². The maximum atomic E-state index is 3.41. The van der Waals surface area contributed by atoms with Crippen molar-refractivity contribution in [3.63, 3.8) is 0 Å². The third kappa shape index (κ3) is 2.41. The third-order valence-corrected chi connectivity index (χ3v) is 4.68. The van der Waals surface area contributed by atoms with Crippen LogP contribution in [0.1, 0.15) is 32.1 Å². The lowest BCUT2D eigenvalue weighted by molar-refractivity contribution is 0.104. The lowest BCUT2D eigenvalue weighted by Gasteiger charge is -2.39. The van der Waals surface area contributed by atoms with Crippen molar-refractivity contribution in [2.75, 3.05) is 40.8 Å². The summed E-state index contributed by atoms with van der Waals surface area (Å²) in [5, 5.41) is 3.41. The summed E-state index contributed by atoms with van der Waals surface area (Å²) in [5.41, 5.74) is 0.475. The van der Waals surface area contributed by atoms with Gasteiger partial charge < -0.3 is 10.2 Å². The summed E-state index contributed by atoms with van der Waals surface area (Å²) in [6.45, 7) is 3.80. The smallest absolute Gasteiger partial charge is 0.0330 e. The Morgan fingerprint density at radius 3 is 2.50 bits per heavy atom. The summed E-state index contributed by atoms with van der Waals surface area (Å²) in [5.74, 6) is 0. The van der Waals surface area contributed by atoms with Gasteiger partial charge in [0.25, 0.3) is 0 Å². The molecule has 1 saturated carbocycles. The van der Waals surface area contributed by atoms with E-state index in [0.717, 1.165) is 6.04 Å². The molecule has 2 fully saturated rings. The summed E-state index contributed by atoms with van der Waals surface area (Å²) in [4.78, 5) is 5.14. The summed E-state index contributed by atoms with van der Waals surface area (Å²) < 4.78 is 0. The van der Waals surface area contributed by atoms with Crippen LogP contribution in [0.3, 0.4) is 0 Å². The van der Waals surface area contributed by atoms with E-state index in [1.165, 1.54) is 51.7 Å². The molecule has 3 heteroatoms. The van der Waals surface area contributed by atoms with Crippen LogP contribution in [0.15, 0.2) is 0 Å². The number of rotatable bonds is 4. The minimum atomic E-state index is 0.475. The molecule has 1 heterocycles. The average molecular weight is 225 g/mol. The molecule has 3 nitrogen and oxygen atoms in total. The topological polar surface area (TPSA) is 18.5 Å². The van der Waals surface area contributed by atoms with Crippen LogP contribution in [0.2, 0.25) is 0 Å². The summed E-state index contributed by atoms with van der Waals surface area (Å²) in [6.07, 6.45) is 6.93. The lowest BCUT2D eigenvalue weighted by atomic mass is 9.95. The molecule has 2 aliphatic rings. The van der Waals surface area contributed by atoms with Gasteiger partial charge in [0.05, 0.1) is 0 Å². The Labute approximate surface area is 100 Å². The number of likely N-dealkylation sites (tertiary alicyclic amines) is 1. The van der Waals surface area contributed by atoms with Crippen LogP contribution < -0.4 is 5.32 Å². The molecule has 1 aliphatic carbocycles. The van der Waals surface area contributed by atoms with E-state index < -0.39 is 0 Å². The van der Waals surface area contributed by atoms with Crippen molar-refractivity contribution in [2.24, 2.45) is 0 Å². The molecule has 0 amide bonds. The maximum absolute atomic E-state index is 3.41. The highest BCUT2D eigenvalue weighted by Gasteiger charge is 2.38. The largest absolute Gasteiger partial charge is 0.316 e. The van der Waals surface area contributed by atoms with Crippen LogP contribution in [0, 0.1) is 0 Å². The van der Waals surface area contributed by atoms with E-state index in [-0.39, 0.29) is 0 Å². The van der Waals surface area contributed by atoms with E-state index in [1.54, 1.807) is 0 Å². The molecule has 1 N–H and O–H groups in total. The average Bonchev–Trinajstić information content (AvgIpc) is 2.88. The van der Waals surface area contributed by atoms with Gasteiger partial charge in [-0.05, 0) is 47.0 Å². The van der Waals surface area contributed by atoms with Gasteiger partial charge in [-0.15, -0.1) is 0 Å². The highest BCUT2D eigenvalue weighted by Crippen LogP contribution is 2.35. The molecular formula is C13H27N3. The predicted octanol–water partition coefficient (Wildman–Crippen LogP) is 1.15. The summed E-state index contributed by atoms with van der Waals surface area (Å²) in [6, 6.07) is 0.723. The predicted molar refractivity (Wildman–Crippen MR) is 68.8 cm³/mol. The number of nitrogens with one attached hydrogen (secondary N) is 1. The first-order chi connectivity index (χ1) is 7.66. The minimum Gasteiger partial charge on any atom is -0.316 e. The lowest BCUT2D eigenvalue weighted by Crippen LogP contribution is -2.50. The van der Waals surface area contributed by atoms with Crippen molar-refractivity contribution in [1.82, 2.24) is 15.1 Å². The Balaban J connectivity index is 1.92. The van der Waals surface area contributed by atoms with Crippen molar-refractivity contribution in [3.8, 4) is 0 Å². The van der Waals surface area contributed by atoms with E-state index in [1.807, 2.05) is 0 Å². The molecule has 0 aromatic rings. The van der Waals surface area contributed by atoms with Gasteiger partial charge in [-0.2, -0.15) is 0 Å². The Bertz CT molecular complexity index is 221. The van der Waals surface area contributed by atoms with Crippen LogP contribution in [0.5, 0.6) is 0 Å². The van der Waals surface area contributed by atoms with E-state index in [4.69, 9.17) is 0 Å². The van der Waals surface area contributed by atoms with Crippen LogP contribution in [0.4, 0.5) is 0 Å². The number of likely N-dealkylation sites (N-methyl/N-ethyl adjacent to an activating group) is 2. The van der Waals surface area contributed by atoms with Crippen molar-refractivity contribution in [2.45, 2.75) is 43.7 Å². The first-order valence-corrected chi connectivity index (χ1v) is 6.73. The van der Waals surface area contributed by atoms with Gasteiger partial charge in [-0.25, -0.2) is 0 Å². The highest BCUT2D eigenvalue weighted by atomic mass is 15.3. The monoisotopic (exact) mass is 225 g/mol. The van der Waals surface area contributed by atoms with Crippen molar-refractivity contribution in [3.05, 3.63) is 0 Å². The summed E-state index contributed by atoms with van der Waals surface area (Å²) >= 11 is 0. The van der Waals surface area contributed by atoms with E-state index >= 15 is 0 Å². The maximum Gasteiger partial charge on any atom is 0.0330 e. The Morgan fingerprint density at radius 2 is 2.00 bits per heavy atom. The van der Waals surface area contributed by atoms with E-state index in [2.05, 4.69) is 36.3 Å². The molecule has 0 radical (unpaired) electrons. The standard InChI is InChI=1S/C13H27N3/c1-14-12-6-9-16(10-12)11-13(15(2)3)7-4-5-8-13/h12,14H,4-11H2,1-3H3. The Morgan fingerprint density at radius 1 is 1.31 bits per heavy atom. The quantitative estimate of drug-likeness (QED) is 0.774. The molecule has 0 aromatic carbocycles. The molecule has 1 atom stereocenters. The summed E-state index contributed by atoms with van der Waals surface area (Å²) in [7, 11) is 6.61. The van der Waals surface area contributed by atoms with Gasteiger partial charge in [0.15, 0.2) is 0 Å². The van der Waals surface area contributed by atoms with Crippen molar-refractivity contribution < 1.29 is 0 Å². The molecule has 0 bridgehead atoms. The second kappa shape index (κ2) is 5.03. The van der Waals surface area contributed by atoms with Crippen molar-refractivity contribution in [1.29, 1.82) is 0 Å². The minimum absolute atomic E-state index is 0.475. The molecule has 0 spiro atoms. The van der Waals surface area contributed by atoms with E-state index in [0.29, 0.717) is 5.54 Å². The fourth-order valence-corrected chi connectivity index (χ4v) is 3.41. The van der Waals surface area contributed by atoms with Crippen LogP contribution >= 0.6 is 0 Å². The van der Waals surface area contributed by atoms with Crippen molar-refractivity contribution >= 4 is 0 Å². The zero-order valence-corrected chi connectivity index (χ0v) is 11.1. The Kier molecular flexibility index (Phi) is 3.88. The van der Waals surface area contributed by atoms with Gasteiger partial charge in [0.1, 0.15) is 0 Å². The number of hydrogen-bond donors (Lipinski definition) is 1. The van der Waals surface area contributed by atoms with Gasteiger partial charge >= 0.3 is 0 Å². The van der Waals surface area contributed by atoms with Gasteiger partial charge in [-0.3, -0.25) is 4.90 Å². The van der Waals surface area contributed by atoms with Crippen LogP contribution in [0.25, 0.3) is 0 Å². The SMILES string of the molecule is CNC1CCN(CC2(N(C)C)CCCC2)C1. The first-order valence-electron chi connectivity index (χ1n) is 6.73.